The Balaban J connectivity index is 1.79. The quantitative estimate of drug-likeness (QED) is 0.750. The van der Waals surface area contributed by atoms with Crippen LogP contribution in [-0.4, -0.2) is 55.2 Å². The van der Waals surface area contributed by atoms with Gasteiger partial charge < -0.3 is 19.9 Å². The topological polar surface area (TPSA) is 57.7 Å². The van der Waals surface area contributed by atoms with E-state index in [4.69, 9.17) is 4.74 Å². The second-order valence-corrected chi connectivity index (χ2v) is 6.96. The Labute approximate surface area is 167 Å². The highest BCUT2D eigenvalue weighted by Crippen LogP contribution is 2.29. The third-order valence-electron chi connectivity index (χ3n) is 4.79. The fourth-order valence-corrected chi connectivity index (χ4v) is 3.46. The average molecular weight is 383 g/mol. The maximum Gasteiger partial charge on any atom is 0.272 e. The lowest BCUT2D eigenvalue weighted by atomic mass is 10.2. The molecule has 2 heterocycles. The number of amides is 1. The molecule has 0 atom stereocenters. The molecule has 1 amide bonds. The molecule has 0 bridgehead atoms. The number of ether oxygens (including phenoxy) is 1. The Morgan fingerprint density at radius 3 is 2.57 bits per heavy atom. The molecule has 1 aliphatic rings. The van der Waals surface area contributed by atoms with Gasteiger partial charge >= 0.3 is 0 Å². The van der Waals surface area contributed by atoms with Gasteiger partial charge in [0.15, 0.2) is 0 Å². The zero-order valence-electron chi connectivity index (χ0n) is 16.9. The molecule has 28 heavy (non-hydrogen) atoms. The zero-order chi connectivity index (χ0) is 19.8. The smallest absolute Gasteiger partial charge is 0.272 e. The van der Waals surface area contributed by atoms with Crippen molar-refractivity contribution in [1.29, 1.82) is 0 Å². The van der Waals surface area contributed by atoms with Crippen LogP contribution >= 0.6 is 0 Å². The number of carbonyl (C=O) groups excluding carboxylic acids is 1. The Hall–Kier alpha value is -2.60. The van der Waals surface area contributed by atoms with E-state index in [9.17, 15) is 4.79 Å². The van der Waals surface area contributed by atoms with Crippen LogP contribution in [0, 0.1) is 0 Å². The molecule has 6 heteroatoms. The monoisotopic (exact) mass is 382 g/mol. The molecular weight excluding hydrogens is 352 g/mol. The van der Waals surface area contributed by atoms with Crippen molar-refractivity contribution in [2.45, 2.75) is 26.7 Å². The van der Waals surface area contributed by atoms with Crippen LogP contribution in [0.1, 0.15) is 37.2 Å². The van der Waals surface area contributed by atoms with Crippen molar-refractivity contribution in [2.24, 2.45) is 0 Å². The first kappa shape index (κ1) is 20.1. The summed E-state index contributed by atoms with van der Waals surface area (Å²) in [6.45, 7) is 8.93. The summed E-state index contributed by atoms with van der Waals surface area (Å²) in [4.78, 5) is 21.4. The van der Waals surface area contributed by atoms with Crippen LogP contribution in [-0.2, 0) is 4.74 Å². The summed E-state index contributed by atoms with van der Waals surface area (Å²) < 4.78 is 5.47. The Morgan fingerprint density at radius 1 is 1.14 bits per heavy atom. The van der Waals surface area contributed by atoms with Gasteiger partial charge in [0.2, 0.25) is 0 Å². The Bertz CT molecular complexity index is 769. The van der Waals surface area contributed by atoms with Gasteiger partial charge in [-0.3, -0.25) is 9.78 Å². The van der Waals surface area contributed by atoms with Crippen LogP contribution in [0.15, 0.2) is 42.6 Å². The van der Waals surface area contributed by atoms with Gasteiger partial charge in [0.1, 0.15) is 5.69 Å². The summed E-state index contributed by atoms with van der Waals surface area (Å²) in [5.74, 6) is -0.00573. The summed E-state index contributed by atoms with van der Waals surface area (Å²) in [6, 6.07) is 12.0. The minimum absolute atomic E-state index is 0.00573. The molecule has 6 nitrogen and oxygen atoms in total. The van der Waals surface area contributed by atoms with Crippen LogP contribution in [0.5, 0.6) is 0 Å². The summed E-state index contributed by atoms with van der Waals surface area (Å²) in [6.07, 6.45) is 3.58. The van der Waals surface area contributed by atoms with Gasteiger partial charge in [-0.05, 0) is 37.1 Å². The van der Waals surface area contributed by atoms with Crippen LogP contribution < -0.4 is 10.2 Å². The van der Waals surface area contributed by atoms with Crippen molar-refractivity contribution in [2.75, 3.05) is 49.6 Å². The van der Waals surface area contributed by atoms with E-state index in [-0.39, 0.29) is 5.91 Å². The molecular formula is C22H30N4O2. The minimum atomic E-state index is -0.00573. The summed E-state index contributed by atoms with van der Waals surface area (Å²) in [5, 5.41) is 3.47. The Morgan fingerprint density at radius 2 is 1.86 bits per heavy atom. The molecule has 1 fully saturated rings. The first-order valence-corrected chi connectivity index (χ1v) is 10.2. The van der Waals surface area contributed by atoms with E-state index >= 15 is 0 Å². The Kier molecular flexibility index (Phi) is 7.25. The highest BCUT2D eigenvalue weighted by molar-refractivity contribution is 5.93. The fourth-order valence-electron chi connectivity index (χ4n) is 3.46. The first-order chi connectivity index (χ1) is 13.7. The number of pyridine rings is 1. The number of benzene rings is 1. The number of aromatic nitrogens is 1. The first-order valence-electron chi connectivity index (χ1n) is 10.2. The molecule has 0 spiro atoms. The molecule has 2 aromatic rings. The number of anilines is 3. The number of hydrogen-bond acceptors (Lipinski definition) is 5. The molecule has 0 radical (unpaired) electrons. The summed E-state index contributed by atoms with van der Waals surface area (Å²) >= 11 is 0. The molecule has 1 saturated heterocycles. The molecule has 1 N–H and O–H groups in total. The number of hydrogen-bond donors (Lipinski definition) is 1. The van der Waals surface area contributed by atoms with Crippen molar-refractivity contribution in [1.82, 2.24) is 9.88 Å². The largest absolute Gasteiger partial charge is 0.378 e. The van der Waals surface area contributed by atoms with E-state index in [2.05, 4.69) is 41.2 Å². The molecule has 0 unspecified atom stereocenters. The number of morpholine rings is 1. The van der Waals surface area contributed by atoms with Gasteiger partial charge in [0, 0.05) is 38.1 Å². The van der Waals surface area contributed by atoms with Crippen LogP contribution in [0.4, 0.5) is 17.1 Å². The second kappa shape index (κ2) is 10.1. The number of nitrogens with zero attached hydrogens (tertiary/aromatic N) is 3. The predicted octanol–water partition coefficient (Wildman–Crippen LogP) is 3.92. The number of rotatable bonds is 8. The van der Waals surface area contributed by atoms with E-state index < -0.39 is 0 Å². The third kappa shape index (κ3) is 5.01. The van der Waals surface area contributed by atoms with Crippen molar-refractivity contribution in [3.63, 3.8) is 0 Å². The summed E-state index contributed by atoms with van der Waals surface area (Å²) in [7, 11) is 0. The standard InChI is InChI=1S/C22H30N4O2/c1-3-11-26(12-4-2)22(27)20-17-18(9-10-23-20)24-19-7-5-6-8-21(19)25-13-15-28-16-14-25/h5-10,17H,3-4,11-16H2,1-2H3,(H,23,24). The minimum Gasteiger partial charge on any atom is -0.378 e. The van der Waals surface area contributed by atoms with Gasteiger partial charge in [-0.15, -0.1) is 0 Å². The third-order valence-corrected chi connectivity index (χ3v) is 4.79. The lowest BCUT2D eigenvalue weighted by molar-refractivity contribution is 0.0749. The van der Waals surface area contributed by atoms with Crippen LogP contribution in [0.25, 0.3) is 0 Å². The lowest BCUT2D eigenvalue weighted by Crippen LogP contribution is -2.36. The number of nitrogens with one attached hydrogen (secondary N) is 1. The van der Waals surface area contributed by atoms with Crippen molar-refractivity contribution >= 4 is 23.0 Å². The molecule has 3 rings (SSSR count). The summed E-state index contributed by atoms with van der Waals surface area (Å²) in [5.41, 5.74) is 3.52. The predicted molar refractivity (Wildman–Crippen MR) is 113 cm³/mol. The normalized spacial score (nSPS) is 14.0. The molecule has 1 aliphatic heterocycles. The van der Waals surface area contributed by atoms with Crippen molar-refractivity contribution in [3.05, 3.63) is 48.3 Å². The van der Waals surface area contributed by atoms with Gasteiger partial charge in [-0.25, -0.2) is 0 Å². The molecule has 1 aromatic carbocycles. The highest BCUT2D eigenvalue weighted by Gasteiger charge is 2.17. The van der Waals surface area contributed by atoms with E-state index in [0.717, 1.165) is 69.3 Å². The van der Waals surface area contributed by atoms with E-state index in [1.165, 1.54) is 0 Å². The molecule has 0 saturated carbocycles. The SMILES string of the molecule is CCCN(CCC)C(=O)c1cc(Nc2ccccc2N2CCOCC2)ccn1. The van der Waals surface area contributed by atoms with Crippen LogP contribution in [0.2, 0.25) is 0 Å². The highest BCUT2D eigenvalue weighted by atomic mass is 16.5. The van der Waals surface area contributed by atoms with Gasteiger partial charge in [0.25, 0.3) is 5.91 Å². The molecule has 0 aliphatic carbocycles. The van der Waals surface area contributed by atoms with Gasteiger partial charge in [0.05, 0.1) is 24.6 Å². The molecule has 150 valence electrons. The number of carbonyl (C=O) groups is 1. The number of para-hydroxylation sites is 2. The second-order valence-electron chi connectivity index (χ2n) is 6.96. The maximum absolute atomic E-state index is 12.9. The van der Waals surface area contributed by atoms with Gasteiger partial charge in [-0.2, -0.15) is 0 Å². The van der Waals surface area contributed by atoms with E-state index in [1.807, 2.05) is 29.2 Å². The fraction of sp³-hybridized carbons (Fsp3) is 0.455. The van der Waals surface area contributed by atoms with Crippen molar-refractivity contribution in [3.8, 4) is 0 Å². The zero-order valence-corrected chi connectivity index (χ0v) is 16.9. The van der Waals surface area contributed by atoms with E-state index in [1.54, 1.807) is 6.20 Å². The van der Waals surface area contributed by atoms with Crippen LogP contribution in [0.3, 0.4) is 0 Å². The molecule has 1 aromatic heterocycles. The van der Waals surface area contributed by atoms with Crippen molar-refractivity contribution < 1.29 is 9.53 Å². The van der Waals surface area contributed by atoms with Gasteiger partial charge in [-0.1, -0.05) is 26.0 Å². The van der Waals surface area contributed by atoms with E-state index in [0.29, 0.717) is 5.69 Å². The lowest BCUT2D eigenvalue weighted by Gasteiger charge is -2.30. The average Bonchev–Trinajstić information content (AvgIpc) is 2.74. The maximum atomic E-state index is 12.9.